The molecule has 6 heteroatoms. The fraction of sp³-hybridized carbons (Fsp3) is 0.818. The Morgan fingerprint density at radius 3 is 1.65 bits per heavy atom. The molecule has 2 nitrogen and oxygen atoms in total. The molecule has 0 unspecified atom stereocenters. The van der Waals surface area contributed by atoms with Crippen molar-refractivity contribution < 1.29 is 0 Å². The Labute approximate surface area is 123 Å². The summed E-state index contributed by atoms with van der Waals surface area (Å²) in [6.07, 6.45) is 3.80. The number of hydrogen-bond acceptors (Lipinski definition) is 4. The average Bonchev–Trinajstić information content (AvgIpc) is 2.89. The summed E-state index contributed by atoms with van der Waals surface area (Å²) in [7, 11) is 0. The second-order valence-electron chi connectivity index (χ2n) is 4.26. The second-order valence-corrected chi connectivity index (χ2v) is 7.72. The van der Waals surface area contributed by atoms with Crippen LogP contribution in [0.1, 0.15) is 19.3 Å². The molecule has 0 spiro atoms. The van der Waals surface area contributed by atoms with Crippen molar-refractivity contribution in [1.82, 2.24) is 9.80 Å². The number of hydrogen-bond donors (Lipinski definition) is 0. The van der Waals surface area contributed by atoms with Gasteiger partial charge in [-0.3, -0.25) is 0 Å². The van der Waals surface area contributed by atoms with Gasteiger partial charge in [0, 0.05) is 37.7 Å². The lowest BCUT2D eigenvalue weighted by molar-refractivity contribution is 0.412. The minimum Gasteiger partial charge on any atom is -0.357 e. The van der Waals surface area contributed by atoms with Gasteiger partial charge in [0.2, 0.25) is 0 Å². The molecule has 0 aromatic carbocycles. The number of unbranched alkanes of at least 4 members (excludes halogenated alkanes) is 2. The van der Waals surface area contributed by atoms with Crippen molar-refractivity contribution in [2.45, 2.75) is 19.3 Å². The highest BCUT2D eigenvalue weighted by molar-refractivity contribution is 8.23. The van der Waals surface area contributed by atoms with Crippen LogP contribution >= 0.6 is 48.0 Å². The van der Waals surface area contributed by atoms with Crippen molar-refractivity contribution in [2.75, 3.05) is 37.7 Å². The van der Waals surface area contributed by atoms with Crippen LogP contribution in [-0.4, -0.2) is 56.1 Å². The molecular formula is C11H18N2S4. The Hall–Kier alpha value is 0.480. The van der Waals surface area contributed by atoms with Crippen LogP contribution in [0.15, 0.2) is 0 Å². The largest absolute Gasteiger partial charge is 0.357 e. The van der Waals surface area contributed by atoms with E-state index in [0.717, 1.165) is 34.8 Å². The van der Waals surface area contributed by atoms with Crippen LogP contribution in [-0.2, 0) is 0 Å². The Kier molecular flexibility index (Phi) is 5.86. The summed E-state index contributed by atoms with van der Waals surface area (Å²) in [5, 5.41) is 0. The van der Waals surface area contributed by atoms with E-state index in [9.17, 15) is 0 Å². The van der Waals surface area contributed by atoms with E-state index in [1.165, 1.54) is 30.8 Å². The van der Waals surface area contributed by atoms with Gasteiger partial charge in [0.05, 0.1) is 0 Å². The highest BCUT2D eigenvalue weighted by Gasteiger charge is 2.17. The smallest absolute Gasteiger partial charge is 0.136 e. The van der Waals surface area contributed by atoms with Crippen molar-refractivity contribution in [3.05, 3.63) is 0 Å². The van der Waals surface area contributed by atoms with Gasteiger partial charge in [0.25, 0.3) is 0 Å². The van der Waals surface area contributed by atoms with Crippen molar-refractivity contribution in [3.8, 4) is 0 Å². The van der Waals surface area contributed by atoms with Gasteiger partial charge in [0.1, 0.15) is 8.64 Å². The highest BCUT2D eigenvalue weighted by Crippen LogP contribution is 2.20. The van der Waals surface area contributed by atoms with E-state index in [1.54, 1.807) is 0 Å². The first-order valence-electron chi connectivity index (χ1n) is 6.11. The van der Waals surface area contributed by atoms with Crippen LogP contribution < -0.4 is 0 Å². The summed E-state index contributed by atoms with van der Waals surface area (Å²) in [6, 6.07) is 0. The summed E-state index contributed by atoms with van der Waals surface area (Å²) >= 11 is 14.2. The molecule has 2 saturated heterocycles. The molecule has 17 heavy (non-hydrogen) atoms. The van der Waals surface area contributed by atoms with Crippen LogP contribution in [0.5, 0.6) is 0 Å². The average molecular weight is 307 g/mol. The fourth-order valence-corrected chi connectivity index (χ4v) is 4.61. The third-order valence-corrected chi connectivity index (χ3v) is 6.05. The van der Waals surface area contributed by atoms with E-state index in [0.29, 0.717) is 0 Å². The Morgan fingerprint density at radius 2 is 1.29 bits per heavy atom. The molecule has 0 N–H and O–H groups in total. The number of nitrogens with zero attached hydrogens (tertiary/aromatic N) is 2. The summed E-state index contributed by atoms with van der Waals surface area (Å²) < 4.78 is 2.20. The highest BCUT2D eigenvalue weighted by atomic mass is 32.2. The van der Waals surface area contributed by atoms with Crippen molar-refractivity contribution >= 4 is 56.6 Å². The number of thiocarbonyl (C=S) groups is 2. The lowest BCUT2D eigenvalue weighted by Crippen LogP contribution is -2.25. The predicted molar refractivity (Wildman–Crippen MR) is 87.1 cm³/mol. The minimum absolute atomic E-state index is 1.10. The van der Waals surface area contributed by atoms with Crippen molar-refractivity contribution in [1.29, 1.82) is 0 Å². The molecule has 2 aliphatic rings. The third kappa shape index (κ3) is 4.26. The molecule has 2 fully saturated rings. The maximum absolute atomic E-state index is 5.28. The first-order valence-corrected chi connectivity index (χ1v) is 8.89. The molecule has 0 aromatic heterocycles. The first-order chi connectivity index (χ1) is 8.27. The number of thioether (sulfide) groups is 2. The molecule has 0 aliphatic carbocycles. The van der Waals surface area contributed by atoms with Crippen LogP contribution in [0.25, 0.3) is 0 Å². The minimum atomic E-state index is 1.10. The maximum Gasteiger partial charge on any atom is 0.136 e. The lowest BCUT2D eigenvalue weighted by atomic mass is 10.2. The Bertz CT molecular complexity index is 267. The zero-order valence-corrected chi connectivity index (χ0v) is 13.2. The fourth-order valence-electron chi connectivity index (χ4n) is 2.04. The second kappa shape index (κ2) is 7.16. The van der Waals surface area contributed by atoms with E-state index < -0.39 is 0 Å². The molecule has 2 aliphatic heterocycles. The summed E-state index contributed by atoms with van der Waals surface area (Å²) in [5.41, 5.74) is 0. The SMILES string of the molecule is S=C1SCCN1CCCCCN1CCSC1=S. The van der Waals surface area contributed by atoms with Crippen LogP contribution in [0, 0.1) is 0 Å². The maximum atomic E-state index is 5.28. The van der Waals surface area contributed by atoms with E-state index in [2.05, 4.69) is 9.80 Å². The molecule has 0 bridgehead atoms. The zero-order chi connectivity index (χ0) is 12.1. The molecule has 0 radical (unpaired) electrons. The first kappa shape index (κ1) is 13.9. The van der Waals surface area contributed by atoms with E-state index in [-0.39, 0.29) is 0 Å². The van der Waals surface area contributed by atoms with Gasteiger partial charge >= 0.3 is 0 Å². The normalized spacial score (nSPS) is 20.7. The number of rotatable bonds is 6. The summed E-state index contributed by atoms with van der Waals surface area (Å²) in [4.78, 5) is 4.69. The molecular weight excluding hydrogens is 288 g/mol. The third-order valence-electron chi connectivity index (χ3n) is 3.05. The summed E-state index contributed by atoms with van der Waals surface area (Å²) in [5.74, 6) is 2.36. The molecule has 2 heterocycles. The standard InChI is InChI=1S/C11H18N2S4/c14-10-12(6-8-16-10)4-2-1-3-5-13-7-9-17-11(13)15/h1-9H2. The lowest BCUT2D eigenvalue weighted by Gasteiger charge is -2.18. The molecule has 2 rings (SSSR count). The van der Waals surface area contributed by atoms with E-state index in [1.807, 2.05) is 23.5 Å². The summed E-state index contributed by atoms with van der Waals surface area (Å²) in [6.45, 7) is 4.59. The van der Waals surface area contributed by atoms with Gasteiger partial charge in [0.15, 0.2) is 0 Å². The van der Waals surface area contributed by atoms with Crippen LogP contribution in [0.4, 0.5) is 0 Å². The molecule has 0 amide bonds. The van der Waals surface area contributed by atoms with Gasteiger partial charge < -0.3 is 9.80 Å². The van der Waals surface area contributed by atoms with Gasteiger partial charge in [-0.1, -0.05) is 48.0 Å². The monoisotopic (exact) mass is 306 g/mol. The Morgan fingerprint density at radius 1 is 0.824 bits per heavy atom. The topological polar surface area (TPSA) is 6.48 Å². The van der Waals surface area contributed by atoms with Crippen molar-refractivity contribution in [3.63, 3.8) is 0 Å². The molecule has 0 atom stereocenters. The van der Waals surface area contributed by atoms with Crippen LogP contribution in [0.2, 0.25) is 0 Å². The van der Waals surface area contributed by atoms with Crippen LogP contribution in [0.3, 0.4) is 0 Å². The van der Waals surface area contributed by atoms with E-state index in [4.69, 9.17) is 24.4 Å². The molecule has 0 saturated carbocycles. The predicted octanol–water partition coefficient (Wildman–Crippen LogP) is 2.82. The van der Waals surface area contributed by atoms with Crippen molar-refractivity contribution in [2.24, 2.45) is 0 Å². The Balaban J connectivity index is 1.51. The molecule has 96 valence electrons. The van der Waals surface area contributed by atoms with Gasteiger partial charge in [-0.15, -0.1) is 0 Å². The quantitative estimate of drug-likeness (QED) is 0.546. The van der Waals surface area contributed by atoms with Gasteiger partial charge in [-0.25, -0.2) is 0 Å². The van der Waals surface area contributed by atoms with Gasteiger partial charge in [-0.2, -0.15) is 0 Å². The van der Waals surface area contributed by atoms with E-state index >= 15 is 0 Å². The van der Waals surface area contributed by atoms with Gasteiger partial charge in [-0.05, 0) is 19.3 Å². The zero-order valence-electron chi connectivity index (χ0n) is 9.89. The molecule has 0 aromatic rings.